The summed E-state index contributed by atoms with van der Waals surface area (Å²) in [5, 5.41) is 1.93. The lowest BCUT2D eigenvalue weighted by atomic mass is 10.0. The van der Waals surface area contributed by atoms with Crippen LogP contribution in [0.25, 0.3) is 17.2 Å². The van der Waals surface area contributed by atoms with Crippen molar-refractivity contribution in [1.29, 1.82) is 0 Å². The highest BCUT2D eigenvalue weighted by Crippen LogP contribution is 2.33. The highest BCUT2D eigenvalue weighted by Gasteiger charge is 2.14. The number of carbonyl (C=O) groups is 2. The molecule has 3 rings (SSSR count). The van der Waals surface area contributed by atoms with E-state index in [2.05, 4.69) is 0 Å². The van der Waals surface area contributed by atoms with Crippen LogP contribution in [0, 0.1) is 0 Å². The molecule has 200 valence electrons. The lowest BCUT2D eigenvalue weighted by Crippen LogP contribution is -2.29. The summed E-state index contributed by atoms with van der Waals surface area (Å²) < 4.78 is 21.0. The van der Waals surface area contributed by atoms with E-state index in [1.807, 2.05) is 60.9 Å². The van der Waals surface area contributed by atoms with Crippen molar-refractivity contribution in [2.45, 2.75) is 13.0 Å². The molecule has 3 aromatic rings. The molecule has 0 aliphatic heterocycles. The van der Waals surface area contributed by atoms with Crippen LogP contribution in [0.4, 0.5) is 4.79 Å². The second-order valence-corrected chi connectivity index (χ2v) is 9.18. The maximum Gasteiger partial charge on any atom is 0.415 e. The van der Waals surface area contributed by atoms with E-state index in [0.29, 0.717) is 30.3 Å². The topological polar surface area (TPSA) is 100 Å². The third-order valence-electron chi connectivity index (χ3n) is 5.81. The zero-order valence-corrected chi connectivity index (χ0v) is 22.7. The van der Waals surface area contributed by atoms with Crippen LogP contribution in [0.2, 0.25) is 0 Å². The summed E-state index contributed by atoms with van der Waals surface area (Å²) in [4.78, 5) is 24.4. The summed E-state index contributed by atoms with van der Waals surface area (Å²) in [6.45, 7) is 2.62. The molecule has 0 spiro atoms. The summed E-state index contributed by atoms with van der Waals surface area (Å²) in [6.07, 6.45) is 1.34. The number of methoxy groups -OCH3 is 2. The number of hydrogen-bond acceptors (Lipinski definition) is 8. The highest BCUT2D eigenvalue weighted by atomic mass is 32.2. The molecule has 0 radical (unpaired) electrons. The van der Waals surface area contributed by atoms with E-state index < -0.39 is 6.09 Å². The van der Waals surface area contributed by atoms with E-state index in [1.54, 1.807) is 51.2 Å². The number of nitrogens with two attached hydrogens (primary N) is 1. The third kappa shape index (κ3) is 7.53. The molecule has 0 fully saturated rings. The van der Waals surface area contributed by atoms with Crippen LogP contribution in [0.5, 0.6) is 23.0 Å². The molecular formula is C29H32N2O6S. The van der Waals surface area contributed by atoms with Crippen molar-refractivity contribution in [2.75, 3.05) is 33.6 Å². The van der Waals surface area contributed by atoms with E-state index in [9.17, 15) is 9.59 Å². The Balaban J connectivity index is 1.59. The molecule has 2 N–H and O–H groups in total. The van der Waals surface area contributed by atoms with Gasteiger partial charge in [0.25, 0.3) is 6.47 Å². The Morgan fingerprint density at radius 1 is 0.947 bits per heavy atom. The Bertz CT molecular complexity index is 1260. The zero-order valence-electron chi connectivity index (χ0n) is 21.9. The number of carbonyl (C=O) groups excluding carboxylic acids is 2. The third-order valence-corrected chi connectivity index (χ3v) is 6.69. The van der Waals surface area contributed by atoms with Crippen molar-refractivity contribution in [3.63, 3.8) is 0 Å². The Labute approximate surface area is 227 Å². The molecule has 8 nitrogen and oxygen atoms in total. The van der Waals surface area contributed by atoms with Crippen molar-refractivity contribution >= 4 is 30.4 Å². The van der Waals surface area contributed by atoms with Crippen molar-refractivity contribution < 1.29 is 28.5 Å². The van der Waals surface area contributed by atoms with Crippen molar-refractivity contribution in [3.05, 3.63) is 77.2 Å². The summed E-state index contributed by atoms with van der Waals surface area (Å²) >= 11 is 1.56. The fraction of sp³-hybridized carbons (Fsp3) is 0.241. The number of thioether (sulfide) groups is 1. The smallest absolute Gasteiger partial charge is 0.415 e. The zero-order chi connectivity index (χ0) is 27.5. The van der Waals surface area contributed by atoms with Gasteiger partial charge in [-0.05, 0) is 64.9 Å². The number of ether oxygens (including phenoxy) is 4. The average molecular weight is 537 g/mol. The molecule has 0 heterocycles. The van der Waals surface area contributed by atoms with Gasteiger partial charge in [-0.1, -0.05) is 36.4 Å². The second-order valence-electron chi connectivity index (χ2n) is 8.24. The SMILES string of the molecule is CCN(C)C(=O)Oc1ccc(/C=C/SCC(N)c2ccc(-c3ccc(OC)c(OC)c3)cc2)cc1OC=O. The van der Waals surface area contributed by atoms with E-state index >= 15 is 0 Å². The van der Waals surface area contributed by atoms with Gasteiger partial charge in [0.05, 0.1) is 14.2 Å². The Morgan fingerprint density at radius 3 is 2.29 bits per heavy atom. The molecule has 9 heteroatoms. The van der Waals surface area contributed by atoms with Crippen LogP contribution in [0.15, 0.2) is 66.1 Å². The van der Waals surface area contributed by atoms with Crippen molar-refractivity contribution in [1.82, 2.24) is 4.90 Å². The van der Waals surface area contributed by atoms with Crippen molar-refractivity contribution in [3.8, 4) is 34.1 Å². The molecule has 0 aromatic heterocycles. The minimum Gasteiger partial charge on any atom is -0.493 e. The van der Waals surface area contributed by atoms with Crippen LogP contribution in [0.1, 0.15) is 24.1 Å². The summed E-state index contributed by atoms with van der Waals surface area (Å²) in [7, 11) is 4.85. The van der Waals surface area contributed by atoms with Gasteiger partial charge in [0, 0.05) is 25.4 Å². The van der Waals surface area contributed by atoms with Crippen LogP contribution < -0.4 is 24.7 Å². The number of hydrogen-bond donors (Lipinski definition) is 1. The van der Waals surface area contributed by atoms with Gasteiger partial charge in [-0.2, -0.15) is 0 Å². The standard InChI is InChI=1S/C29H32N2O6S/c1-5-31(2)29(33)37-26-12-6-20(16-28(26)36-19-32)14-15-38-18-24(30)22-9-7-21(8-10-22)23-11-13-25(34-3)27(17-23)35-4/h6-17,19,24H,5,18,30H2,1-4H3/b15-14+. The summed E-state index contributed by atoms with van der Waals surface area (Å²) in [6, 6.07) is 18.8. The van der Waals surface area contributed by atoms with Gasteiger partial charge in [-0.25, -0.2) is 4.79 Å². The molecule has 3 aromatic carbocycles. The van der Waals surface area contributed by atoms with Crippen LogP contribution in [-0.2, 0) is 4.79 Å². The molecule has 1 atom stereocenters. The van der Waals surface area contributed by atoms with Gasteiger partial charge in [0.2, 0.25) is 0 Å². The first-order valence-corrected chi connectivity index (χ1v) is 13.0. The summed E-state index contributed by atoms with van der Waals surface area (Å²) in [5.74, 6) is 2.37. The van der Waals surface area contributed by atoms with Gasteiger partial charge in [0.15, 0.2) is 23.0 Å². The molecule has 38 heavy (non-hydrogen) atoms. The quantitative estimate of drug-likeness (QED) is 0.292. The van der Waals surface area contributed by atoms with E-state index in [-0.39, 0.29) is 17.5 Å². The first kappa shape index (κ1) is 28.6. The summed E-state index contributed by atoms with van der Waals surface area (Å²) in [5.41, 5.74) is 10.3. The highest BCUT2D eigenvalue weighted by molar-refractivity contribution is 8.02. The Morgan fingerprint density at radius 2 is 1.63 bits per heavy atom. The van der Waals surface area contributed by atoms with Gasteiger partial charge in [-0.3, -0.25) is 4.79 Å². The van der Waals surface area contributed by atoms with Gasteiger partial charge in [0.1, 0.15) is 0 Å². The molecule has 0 bridgehead atoms. The van der Waals surface area contributed by atoms with E-state index in [1.165, 1.54) is 4.90 Å². The lowest BCUT2D eigenvalue weighted by Gasteiger charge is -2.15. The molecule has 0 saturated carbocycles. The predicted octanol–water partition coefficient (Wildman–Crippen LogP) is 5.76. The maximum atomic E-state index is 12.0. The molecular weight excluding hydrogens is 504 g/mol. The fourth-order valence-corrected chi connectivity index (χ4v) is 4.24. The molecule has 1 amide bonds. The first-order valence-electron chi connectivity index (χ1n) is 11.9. The number of nitrogens with zero attached hydrogens (tertiary/aromatic N) is 1. The largest absolute Gasteiger partial charge is 0.493 e. The Kier molecular flexibility index (Phi) is 10.6. The van der Waals surface area contributed by atoms with Gasteiger partial charge in [-0.15, -0.1) is 11.8 Å². The predicted molar refractivity (Wildman–Crippen MR) is 151 cm³/mol. The van der Waals surface area contributed by atoms with Gasteiger partial charge < -0.3 is 29.6 Å². The Hall–Kier alpha value is -3.95. The van der Waals surface area contributed by atoms with Crippen LogP contribution in [0.3, 0.4) is 0 Å². The molecule has 0 aliphatic rings. The van der Waals surface area contributed by atoms with E-state index in [0.717, 1.165) is 22.3 Å². The van der Waals surface area contributed by atoms with Crippen molar-refractivity contribution in [2.24, 2.45) is 5.73 Å². The van der Waals surface area contributed by atoms with Gasteiger partial charge >= 0.3 is 6.09 Å². The number of rotatable bonds is 12. The normalized spacial score (nSPS) is 11.6. The molecule has 1 unspecified atom stereocenters. The second kappa shape index (κ2) is 14.1. The first-order chi connectivity index (χ1) is 18.4. The molecule has 0 saturated heterocycles. The van der Waals surface area contributed by atoms with Crippen LogP contribution >= 0.6 is 11.8 Å². The van der Waals surface area contributed by atoms with Crippen LogP contribution in [-0.4, -0.2) is 51.0 Å². The monoisotopic (exact) mass is 536 g/mol. The minimum absolute atomic E-state index is 0.157. The number of benzene rings is 3. The van der Waals surface area contributed by atoms with E-state index in [4.69, 9.17) is 24.7 Å². The average Bonchev–Trinajstić information content (AvgIpc) is 2.95. The lowest BCUT2D eigenvalue weighted by molar-refractivity contribution is -0.120. The maximum absolute atomic E-state index is 12.0. The fourth-order valence-electron chi connectivity index (χ4n) is 3.48. The minimum atomic E-state index is -0.534. The molecule has 0 aliphatic carbocycles. The number of amides is 1.